The Bertz CT molecular complexity index is 452. The zero-order valence-corrected chi connectivity index (χ0v) is 17.1. The first-order chi connectivity index (χ1) is 9.47. The Balaban J connectivity index is 0.00000400. The van der Waals surface area contributed by atoms with E-state index in [1.54, 1.807) is 6.08 Å². The molecule has 0 radical (unpaired) electrons. The first-order valence-electron chi connectivity index (χ1n) is 6.88. The molecule has 21 heavy (non-hydrogen) atoms. The van der Waals surface area contributed by atoms with E-state index in [0.29, 0.717) is 24.1 Å². The van der Waals surface area contributed by atoms with Crippen LogP contribution in [0.1, 0.15) is 40.0 Å². The number of rotatable bonds is 7. The Labute approximate surface area is 150 Å². The minimum absolute atomic E-state index is 0. The van der Waals surface area contributed by atoms with Gasteiger partial charge in [-0.1, -0.05) is 52.7 Å². The summed E-state index contributed by atoms with van der Waals surface area (Å²) < 4.78 is 0. The molecule has 1 atom stereocenters. The summed E-state index contributed by atoms with van der Waals surface area (Å²) in [6.07, 6.45) is 7.45. The van der Waals surface area contributed by atoms with Crippen LogP contribution < -0.4 is 0 Å². The minimum atomic E-state index is -0.639. The Morgan fingerprint density at radius 1 is 1.57 bits per heavy atom. The van der Waals surface area contributed by atoms with Gasteiger partial charge in [-0.3, -0.25) is 0 Å². The number of aldehydes is 1. The van der Waals surface area contributed by atoms with Gasteiger partial charge in [0.25, 0.3) is 0 Å². The van der Waals surface area contributed by atoms with Crippen LogP contribution >= 0.6 is 0 Å². The number of ketones is 1. The molecule has 0 aromatic rings. The monoisotopic (exact) mass is 514 g/mol. The van der Waals surface area contributed by atoms with Crippen LogP contribution in [0.2, 0.25) is 0 Å². The first-order valence-corrected chi connectivity index (χ1v) is 6.88. The van der Waals surface area contributed by atoms with Crippen LogP contribution in [0.15, 0.2) is 23.4 Å². The molecular weight excluding hydrogens is 492 g/mol. The number of allylic oxidation sites excluding steroid dienone is 2. The smallest absolute Gasteiger partial charge is 0.133 e. The molecule has 1 aliphatic rings. The van der Waals surface area contributed by atoms with Gasteiger partial charge in [-0.2, -0.15) is 11.2 Å². The summed E-state index contributed by atoms with van der Waals surface area (Å²) >= 11 is 0. The van der Waals surface area contributed by atoms with Crippen molar-refractivity contribution in [1.29, 1.82) is 0 Å². The molecule has 0 aromatic carbocycles. The summed E-state index contributed by atoms with van der Waals surface area (Å²) in [7, 11) is 0. The maximum atomic E-state index is 12.4. The second-order valence-corrected chi connectivity index (χ2v) is 5.57. The molecule has 0 aliphatic heterocycles. The van der Waals surface area contributed by atoms with E-state index in [0.717, 1.165) is 12.7 Å². The maximum absolute atomic E-state index is 12.4. The van der Waals surface area contributed by atoms with E-state index in [1.807, 2.05) is 20.8 Å². The van der Waals surface area contributed by atoms with Crippen molar-refractivity contribution in [3.63, 3.8) is 0 Å². The largest absolute Gasteiger partial charge is 0.404 e. The number of nitrogens with zero attached hydrogens (tertiary/aromatic N) is 1. The van der Waals surface area contributed by atoms with Gasteiger partial charge >= 0.3 is 0 Å². The summed E-state index contributed by atoms with van der Waals surface area (Å²) in [4.78, 5) is 28.7. The fourth-order valence-electron chi connectivity index (χ4n) is 2.13. The molecule has 0 N–H and O–H groups in total. The van der Waals surface area contributed by atoms with E-state index in [9.17, 15) is 9.59 Å². The summed E-state index contributed by atoms with van der Waals surface area (Å²) in [5.41, 5.74) is 0.593. The van der Waals surface area contributed by atoms with Gasteiger partial charge in [0.2, 0.25) is 0 Å². The Hall–Kier alpha value is -0.658. The van der Waals surface area contributed by atoms with E-state index >= 15 is 0 Å². The third kappa shape index (κ3) is 5.23. The van der Waals surface area contributed by atoms with Crippen molar-refractivity contribution in [1.82, 2.24) is 0 Å². The van der Waals surface area contributed by atoms with Gasteiger partial charge in [0.1, 0.15) is 12.9 Å². The van der Waals surface area contributed by atoms with Gasteiger partial charge in [-0.15, -0.1) is 5.57 Å². The van der Waals surface area contributed by atoms with Crippen LogP contribution in [0.4, 0.5) is 0 Å². The fraction of sp³-hybridized carbons (Fsp3) is 0.562. The Morgan fingerprint density at radius 2 is 2.24 bits per heavy atom. The molecule has 0 bridgehead atoms. The zero-order chi connectivity index (χ0) is 15.2. The number of oxime groups is 1. The van der Waals surface area contributed by atoms with Crippen molar-refractivity contribution in [2.24, 2.45) is 16.5 Å². The minimum Gasteiger partial charge on any atom is -0.404 e. The SMILES string of the molecule is C=CCON=C(CCC)C1=[C-]CC(C)(C)C(C=O)C1=O.[U]. The number of hydrogen-bond donors (Lipinski definition) is 0. The molecule has 5 heteroatoms. The number of carbonyl (C=O) groups is 2. The van der Waals surface area contributed by atoms with E-state index < -0.39 is 5.92 Å². The van der Waals surface area contributed by atoms with Crippen LogP contribution in [0.25, 0.3) is 0 Å². The molecule has 1 unspecified atom stereocenters. The van der Waals surface area contributed by atoms with E-state index in [-0.39, 0.29) is 48.9 Å². The molecule has 0 aromatic heterocycles. The molecule has 0 amide bonds. The van der Waals surface area contributed by atoms with Crippen molar-refractivity contribution in [3.8, 4) is 0 Å². The molecule has 0 heterocycles. The van der Waals surface area contributed by atoms with Gasteiger partial charge in [0, 0.05) is 37.0 Å². The molecule has 0 fully saturated rings. The molecule has 114 valence electrons. The van der Waals surface area contributed by atoms with Gasteiger partial charge < -0.3 is 14.4 Å². The quantitative estimate of drug-likeness (QED) is 0.0999. The molecule has 4 nitrogen and oxygen atoms in total. The summed E-state index contributed by atoms with van der Waals surface area (Å²) in [5, 5.41) is 4.00. The van der Waals surface area contributed by atoms with E-state index in [1.165, 1.54) is 0 Å². The second-order valence-electron chi connectivity index (χ2n) is 5.57. The molecule has 0 saturated carbocycles. The normalized spacial score (nSPS) is 21.1. The van der Waals surface area contributed by atoms with E-state index in [4.69, 9.17) is 4.84 Å². The fourth-order valence-corrected chi connectivity index (χ4v) is 2.13. The summed E-state index contributed by atoms with van der Waals surface area (Å²) in [6.45, 7) is 9.64. The van der Waals surface area contributed by atoms with Crippen molar-refractivity contribution in [3.05, 3.63) is 24.3 Å². The average Bonchev–Trinajstić information content (AvgIpc) is 2.38. The molecule has 0 saturated heterocycles. The number of carbonyl (C=O) groups excluding carboxylic acids is 2. The van der Waals surface area contributed by atoms with Gasteiger partial charge in [0.15, 0.2) is 0 Å². The predicted octanol–water partition coefficient (Wildman–Crippen LogP) is 2.89. The summed E-state index contributed by atoms with van der Waals surface area (Å²) in [5.74, 6) is -0.842. The molecular formula is C16H22NO3U-. The van der Waals surface area contributed by atoms with Crippen LogP contribution in [0, 0.1) is 48.5 Å². The zero-order valence-electron chi connectivity index (χ0n) is 12.9. The van der Waals surface area contributed by atoms with Gasteiger partial charge in [0.05, 0.1) is 5.78 Å². The van der Waals surface area contributed by atoms with Crippen molar-refractivity contribution < 1.29 is 45.5 Å². The van der Waals surface area contributed by atoms with E-state index in [2.05, 4.69) is 17.8 Å². The second kappa shape index (κ2) is 9.38. The van der Waals surface area contributed by atoms with Gasteiger partial charge in [-0.25, -0.2) is 0 Å². The predicted molar refractivity (Wildman–Crippen MR) is 78.2 cm³/mol. The van der Waals surface area contributed by atoms with Crippen molar-refractivity contribution in [2.75, 3.05) is 6.61 Å². The first kappa shape index (κ1) is 20.3. The van der Waals surface area contributed by atoms with Crippen LogP contribution in [-0.2, 0) is 14.4 Å². The Morgan fingerprint density at radius 3 is 2.76 bits per heavy atom. The van der Waals surface area contributed by atoms with Gasteiger partial charge in [-0.05, 0) is 11.1 Å². The Kier molecular flexibility index (Phi) is 9.08. The molecule has 0 spiro atoms. The maximum Gasteiger partial charge on any atom is 0.133 e. The number of Topliss-reactive ketones (excluding diaryl/α,β-unsaturated/α-hetero) is 1. The topological polar surface area (TPSA) is 55.7 Å². The van der Waals surface area contributed by atoms with Crippen LogP contribution in [0.3, 0.4) is 0 Å². The van der Waals surface area contributed by atoms with Crippen molar-refractivity contribution in [2.45, 2.75) is 40.0 Å². The average molecular weight is 514 g/mol. The van der Waals surface area contributed by atoms with Crippen molar-refractivity contribution >= 4 is 17.8 Å². The number of hydrogen-bond acceptors (Lipinski definition) is 4. The third-order valence-corrected chi connectivity index (χ3v) is 3.37. The standard InChI is InChI=1S/C16H22NO3.U/c1-5-7-14(17-20-10-6-2)12-8-9-16(3,4)13(11-18)15(12)19;/h6,11,13H,2,5,7,9-10H2,1,3-4H3;/q-1;. The molecule has 1 aliphatic carbocycles. The molecule has 1 rings (SSSR count). The van der Waals surface area contributed by atoms with Crippen LogP contribution in [0.5, 0.6) is 0 Å². The third-order valence-electron chi connectivity index (χ3n) is 3.37. The van der Waals surface area contributed by atoms with Crippen LogP contribution in [-0.4, -0.2) is 24.4 Å². The summed E-state index contributed by atoms with van der Waals surface area (Å²) in [6, 6.07) is 0.